The first-order valence-corrected chi connectivity index (χ1v) is 6.80. The number of aliphatic carboxylic acids is 1. The molecule has 0 radical (unpaired) electrons. The lowest BCUT2D eigenvalue weighted by Crippen LogP contribution is -2.32. The fourth-order valence-corrected chi connectivity index (χ4v) is 2.44. The van der Waals surface area contributed by atoms with E-state index in [4.69, 9.17) is 5.11 Å². The van der Waals surface area contributed by atoms with Crippen LogP contribution in [0, 0.1) is 5.41 Å². The van der Waals surface area contributed by atoms with Crippen molar-refractivity contribution in [3.05, 3.63) is 35.4 Å². The number of aryl methyl sites for hydroxylation is 1. The normalized spacial score (nSPS) is 11.8. The van der Waals surface area contributed by atoms with E-state index in [1.807, 2.05) is 20.9 Å². The lowest BCUT2D eigenvalue weighted by atomic mass is 9.89. The van der Waals surface area contributed by atoms with E-state index in [0.29, 0.717) is 0 Å². The average Bonchev–Trinajstić information content (AvgIpc) is 2.27. The maximum absolute atomic E-state index is 10.8. The Bertz CT molecular complexity index is 409. The van der Waals surface area contributed by atoms with Gasteiger partial charge in [0.2, 0.25) is 0 Å². The molecule has 3 nitrogen and oxygen atoms in total. The molecule has 0 bridgehead atoms. The second-order valence-electron chi connectivity index (χ2n) is 6.08. The standard InChI is InChI=1S/C16H25NO2/c1-5-13-6-8-14(9-7-13)11-17(4)12-16(2,3)10-15(18)19/h6-9H,5,10-12H2,1-4H3,(H,18,19). The molecule has 0 unspecified atom stereocenters. The third-order valence-electron chi connectivity index (χ3n) is 3.21. The van der Waals surface area contributed by atoms with Gasteiger partial charge in [-0.15, -0.1) is 0 Å². The Kier molecular flexibility index (Phi) is 5.55. The van der Waals surface area contributed by atoms with E-state index >= 15 is 0 Å². The van der Waals surface area contributed by atoms with Crippen molar-refractivity contribution in [3.8, 4) is 0 Å². The van der Waals surface area contributed by atoms with Gasteiger partial charge >= 0.3 is 5.97 Å². The molecule has 0 atom stereocenters. The third-order valence-corrected chi connectivity index (χ3v) is 3.21. The van der Waals surface area contributed by atoms with Crippen LogP contribution in [0.2, 0.25) is 0 Å². The van der Waals surface area contributed by atoms with Crippen LogP contribution in [0.5, 0.6) is 0 Å². The van der Waals surface area contributed by atoms with E-state index in [0.717, 1.165) is 19.5 Å². The van der Waals surface area contributed by atoms with Crippen molar-refractivity contribution in [3.63, 3.8) is 0 Å². The van der Waals surface area contributed by atoms with Gasteiger partial charge in [-0.2, -0.15) is 0 Å². The summed E-state index contributed by atoms with van der Waals surface area (Å²) < 4.78 is 0. The molecular weight excluding hydrogens is 238 g/mol. The molecule has 0 saturated heterocycles. The first-order chi connectivity index (χ1) is 8.82. The van der Waals surface area contributed by atoms with Gasteiger partial charge < -0.3 is 10.0 Å². The first-order valence-electron chi connectivity index (χ1n) is 6.80. The molecule has 1 N–H and O–H groups in total. The van der Waals surface area contributed by atoms with Crippen LogP contribution in [0.4, 0.5) is 0 Å². The molecule has 0 aliphatic rings. The van der Waals surface area contributed by atoms with Crippen molar-refractivity contribution >= 4 is 5.97 Å². The third kappa shape index (κ3) is 5.88. The van der Waals surface area contributed by atoms with Gasteiger partial charge in [0, 0.05) is 13.1 Å². The number of carbonyl (C=O) groups is 1. The summed E-state index contributed by atoms with van der Waals surface area (Å²) in [7, 11) is 2.04. The molecule has 1 aromatic rings. The Balaban J connectivity index is 2.54. The summed E-state index contributed by atoms with van der Waals surface area (Å²) in [5.41, 5.74) is 2.41. The average molecular weight is 263 g/mol. The molecule has 0 aliphatic heterocycles. The summed E-state index contributed by atoms with van der Waals surface area (Å²) in [6.45, 7) is 7.77. The molecule has 0 aromatic heterocycles. The van der Waals surface area contributed by atoms with Gasteiger partial charge in [-0.25, -0.2) is 0 Å². The van der Waals surface area contributed by atoms with Crippen LogP contribution >= 0.6 is 0 Å². The fourth-order valence-electron chi connectivity index (χ4n) is 2.44. The Morgan fingerprint density at radius 1 is 1.21 bits per heavy atom. The van der Waals surface area contributed by atoms with Crippen molar-refractivity contribution in [2.45, 2.75) is 40.2 Å². The van der Waals surface area contributed by atoms with Crippen LogP contribution in [0.3, 0.4) is 0 Å². The zero-order chi connectivity index (χ0) is 14.5. The number of nitrogens with zero attached hydrogens (tertiary/aromatic N) is 1. The van der Waals surface area contributed by atoms with Gasteiger partial charge in [-0.05, 0) is 30.0 Å². The lowest BCUT2D eigenvalue weighted by molar-refractivity contribution is -0.139. The number of hydrogen-bond donors (Lipinski definition) is 1. The van der Waals surface area contributed by atoms with E-state index < -0.39 is 5.97 Å². The van der Waals surface area contributed by atoms with Crippen LogP contribution < -0.4 is 0 Å². The van der Waals surface area contributed by atoms with Crippen molar-refractivity contribution in [1.29, 1.82) is 0 Å². The second-order valence-corrected chi connectivity index (χ2v) is 6.08. The summed E-state index contributed by atoms with van der Waals surface area (Å²) in [5, 5.41) is 8.89. The molecule has 0 heterocycles. The molecule has 0 spiro atoms. The highest BCUT2D eigenvalue weighted by molar-refractivity contribution is 5.67. The maximum Gasteiger partial charge on any atom is 0.303 e. The monoisotopic (exact) mass is 263 g/mol. The minimum absolute atomic E-state index is 0.201. The number of hydrogen-bond acceptors (Lipinski definition) is 2. The van der Waals surface area contributed by atoms with Crippen LogP contribution in [0.15, 0.2) is 24.3 Å². The number of benzene rings is 1. The van der Waals surface area contributed by atoms with Crippen molar-refractivity contribution < 1.29 is 9.90 Å². The maximum atomic E-state index is 10.8. The molecule has 0 aliphatic carbocycles. The Morgan fingerprint density at radius 2 is 1.74 bits per heavy atom. The highest BCUT2D eigenvalue weighted by Crippen LogP contribution is 2.22. The molecule has 0 fully saturated rings. The van der Waals surface area contributed by atoms with Gasteiger partial charge in [-0.3, -0.25) is 4.79 Å². The van der Waals surface area contributed by atoms with Crippen molar-refractivity contribution in [2.24, 2.45) is 5.41 Å². The van der Waals surface area contributed by atoms with E-state index in [2.05, 4.69) is 36.1 Å². The summed E-state index contributed by atoms with van der Waals surface area (Å²) in [6.07, 6.45) is 1.26. The SMILES string of the molecule is CCc1ccc(CN(C)CC(C)(C)CC(=O)O)cc1. The largest absolute Gasteiger partial charge is 0.481 e. The van der Waals surface area contributed by atoms with Crippen LogP contribution in [-0.4, -0.2) is 29.6 Å². The number of carboxylic acids is 1. The van der Waals surface area contributed by atoms with Crippen LogP contribution in [0.25, 0.3) is 0 Å². The fraction of sp³-hybridized carbons (Fsp3) is 0.562. The van der Waals surface area contributed by atoms with Gasteiger partial charge in [0.1, 0.15) is 0 Å². The number of carboxylic acid groups (broad SMARTS) is 1. The first kappa shape index (κ1) is 15.7. The number of rotatable bonds is 7. The topological polar surface area (TPSA) is 40.5 Å². The molecule has 0 saturated carbocycles. The van der Waals surface area contributed by atoms with Crippen molar-refractivity contribution in [2.75, 3.05) is 13.6 Å². The lowest BCUT2D eigenvalue weighted by Gasteiger charge is -2.29. The molecule has 0 amide bonds. The smallest absolute Gasteiger partial charge is 0.303 e. The molecule has 1 aromatic carbocycles. The summed E-state index contributed by atoms with van der Waals surface area (Å²) in [6, 6.07) is 8.62. The van der Waals surface area contributed by atoms with Crippen LogP contribution in [-0.2, 0) is 17.8 Å². The minimum atomic E-state index is -0.731. The Hall–Kier alpha value is -1.35. The summed E-state index contributed by atoms with van der Waals surface area (Å²) >= 11 is 0. The van der Waals surface area contributed by atoms with Gasteiger partial charge in [0.15, 0.2) is 0 Å². The molecule has 19 heavy (non-hydrogen) atoms. The van der Waals surface area contributed by atoms with Gasteiger partial charge in [-0.1, -0.05) is 45.0 Å². The van der Waals surface area contributed by atoms with E-state index in [1.165, 1.54) is 11.1 Å². The summed E-state index contributed by atoms with van der Waals surface area (Å²) in [4.78, 5) is 13.0. The quantitative estimate of drug-likeness (QED) is 0.821. The zero-order valence-electron chi connectivity index (χ0n) is 12.4. The van der Waals surface area contributed by atoms with E-state index in [9.17, 15) is 4.79 Å². The van der Waals surface area contributed by atoms with Gasteiger partial charge in [0.25, 0.3) is 0 Å². The zero-order valence-corrected chi connectivity index (χ0v) is 12.4. The van der Waals surface area contributed by atoms with E-state index in [-0.39, 0.29) is 11.8 Å². The minimum Gasteiger partial charge on any atom is -0.481 e. The van der Waals surface area contributed by atoms with Gasteiger partial charge in [0.05, 0.1) is 6.42 Å². The predicted molar refractivity (Wildman–Crippen MR) is 78.2 cm³/mol. The highest BCUT2D eigenvalue weighted by Gasteiger charge is 2.23. The summed E-state index contributed by atoms with van der Waals surface area (Å²) in [5.74, 6) is -0.731. The molecular formula is C16H25NO2. The molecule has 3 heteroatoms. The Morgan fingerprint density at radius 3 is 2.21 bits per heavy atom. The second kappa shape index (κ2) is 6.71. The predicted octanol–water partition coefficient (Wildman–Crippen LogP) is 3.18. The van der Waals surface area contributed by atoms with Crippen molar-refractivity contribution in [1.82, 2.24) is 4.90 Å². The highest BCUT2D eigenvalue weighted by atomic mass is 16.4. The Labute approximate surface area is 116 Å². The molecule has 1 rings (SSSR count). The van der Waals surface area contributed by atoms with E-state index in [1.54, 1.807) is 0 Å². The van der Waals surface area contributed by atoms with Crippen LogP contribution in [0.1, 0.15) is 38.3 Å². The molecule has 106 valence electrons.